The molecule has 2 aliphatic rings. The molecule has 1 atom stereocenters. The summed E-state index contributed by atoms with van der Waals surface area (Å²) in [6, 6.07) is 17.2. The van der Waals surface area contributed by atoms with Crippen molar-refractivity contribution in [1.82, 2.24) is 10.2 Å². The zero-order valence-electron chi connectivity index (χ0n) is 19.3. The fourth-order valence-electron chi connectivity index (χ4n) is 4.97. The van der Waals surface area contributed by atoms with Gasteiger partial charge in [-0.25, -0.2) is 9.59 Å². The molecule has 2 heterocycles. The number of nitrogens with zero attached hydrogens (tertiary/aromatic N) is 1. The summed E-state index contributed by atoms with van der Waals surface area (Å²) >= 11 is 1.26. The smallest absolute Gasteiger partial charge is 0.407 e. The fourth-order valence-corrected chi connectivity index (χ4v) is 5.97. The van der Waals surface area contributed by atoms with E-state index >= 15 is 0 Å². The molecule has 0 bridgehead atoms. The van der Waals surface area contributed by atoms with E-state index in [1.165, 1.54) is 11.3 Å². The Morgan fingerprint density at radius 1 is 1.11 bits per heavy atom. The number of carboxylic acid groups (broad SMARTS) is 1. The molecule has 8 heteroatoms. The van der Waals surface area contributed by atoms with Crippen LogP contribution < -0.4 is 5.32 Å². The van der Waals surface area contributed by atoms with E-state index < -0.39 is 18.1 Å². The second-order valence-electron chi connectivity index (χ2n) is 8.80. The Hall–Kier alpha value is -3.65. The number of amides is 2. The van der Waals surface area contributed by atoms with Crippen LogP contribution in [0.1, 0.15) is 50.5 Å². The van der Waals surface area contributed by atoms with Crippen molar-refractivity contribution in [2.75, 3.05) is 13.2 Å². The zero-order valence-corrected chi connectivity index (χ0v) is 20.1. The topological polar surface area (TPSA) is 95.9 Å². The number of rotatable bonds is 6. The van der Waals surface area contributed by atoms with Crippen molar-refractivity contribution >= 4 is 29.3 Å². The van der Waals surface area contributed by atoms with Crippen LogP contribution in [0.5, 0.6) is 0 Å². The second-order valence-corrected chi connectivity index (χ2v) is 9.94. The first-order chi connectivity index (χ1) is 17.0. The number of nitrogens with one attached hydrogen (secondary N) is 1. The Kier molecular flexibility index (Phi) is 6.30. The van der Waals surface area contributed by atoms with Gasteiger partial charge in [0, 0.05) is 23.9 Å². The van der Waals surface area contributed by atoms with Crippen LogP contribution in [-0.4, -0.2) is 47.2 Å². The Labute approximate surface area is 207 Å². The molecule has 1 aliphatic carbocycles. The molecule has 0 saturated carbocycles. The number of thiophene rings is 1. The molecule has 2 N–H and O–H groups in total. The van der Waals surface area contributed by atoms with Gasteiger partial charge in [0.25, 0.3) is 0 Å². The minimum absolute atomic E-state index is 0.0496. The third kappa shape index (κ3) is 4.41. The van der Waals surface area contributed by atoms with E-state index in [-0.39, 0.29) is 23.3 Å². The van der Waals surface area contributed by atoms with Gasteiger partial charge in [-0.1, -0.05) is 55.5 Å². The number of fused-ring (bicyclic) bond motifs is 4. The molecule has 1 aromatic heterocycles. The minimum Gasteiger partial charge on any atom is -0.477 e. The van der Waals surface area contributed by atoms with Gasteiger partial charge >= 0.3 is 12.1 Å². The van der Waals surface area contributed by atoms with E-state index in [0.717, 1.165) is 32.7 Å². The fraction of sp³-hybridized carbons (Fsp3) is 0.296. The van der Waals surface area contributed by atoms with Gasteiger partial charge in [-0.2, -0.15) is 0 Å². The third-order valence-corrected chi connectivity index (χ3v) is 7.96. The number of carboxylic acids is 1. The quantitative estimate of drug-likeness (QED) is 0.525. The van der Waals surface area contributed by atoms with Crippen LogP contribution >= 0.6 is 11.3 Å². The summed E-state index contributed by atoms with van der Waals surface area (Å²) < 4.78 is 5.61. The summed E-state index contributed by atoms with van der Waals surface area (Å²) in [5.41, 5.74) is 5.43. The van der Waals surface area contributed by atoms with E-state index in [1.807, 2.05) is 31.2 Å². The molecule has 180 valence electrons. The van der Waals surface area contributed by atoms with Crippen LogP contribution in [0.4, 0.5) is 4.79 Å². The lowest BCUT2D eigenvalue weighted by atomic mass is 9.98. The minimum atomic E-state index is -0.953. The number of alkyl carbamates (subject to hydrolysis) is 1. The van der Waals surface area contributed by atoms with E-state index in [1.54, 1.807) is 11.0 Å². The second kappa shape index (κ2) is 9.54. The van der Waals surface area contributed by atoms with Crippen molar-refractivity contribution in [3.05, 3.63) is 81.0 Å². The van der Waals surface area contributed by atoms with Crippen LogP contribution in [0, 0.1) is 0 Å². The van der Waals surface area contributed by atoms with Crippen molar-refractivity contribution in [2.45, 2.75) is 38.3 Å². The number of hydrogen-bond donors (Lipinski definition) is 2. The monoisotopic (exact) mass is 490 g/mol. The summed E-state index contributed by atoms with van der Waals surface area (Å²) in [6.07, 6.45) is 0.421. The predicted molar refractivity (Wildman–Crippen MR) is 133 cm³/mol. The van der Waals surface area contributed by atoms with E-state index in [2.05, 4.69) is 29.6 Å². The highest BCUT2D eigenvalue weighted by Crippen LogP contribution is 2.44. The highest BCUT2D eigenvalue weighted by Gasteiger charge is 2.31. The molecular weight excluding hydrogens is 464 g/mol. The molecule has 3 aromatic rings. The van der Waals surface area contributed by atoms with Crippen molar-refractivity contribution in [2.24, 2.45) is 0 Å². The Morgan fingerprint density at radius 2 is 1.77 bits per heavy atom. The summed E-state index contributed by atoms with van der Waals surface area (Å²) in [5.74, 6) is -1.19. The number of carbonyl (C=O) groups is 3. The van der Waals surface area contributed by atoms with Gasteiger partial charge in [-0.3, -0.25) is 4.79 Å². The number of aromatic carboxylic acids is 1. The Morgan fingerprint density at radius 3 is 2.40 bits per heavy atom. The van der Waals surface area contributed by atoms with Gasteiger partial charge in [0.15, 0.2) is 0 Å². The van der Waals surface area contributed by atoms with Gasteiger partial charge in [-0.15, -0.1) is 11.3 Å². The lowest BCUT2D eigenvalue weighted by Crippen LogP contribution is -2.49. The molecule has 0 fully saturated rings. The number of hydrogen-bond acceptors (Lipinski definition) is 5. The molecule has 5 rings (SSSR count). The van der Waals surface area contributed by atoms with Crippen molar-refractivity contribution in [3.8, 4) is 11.1 Å². The molecule has 0 saturated heterocycles. The first-order valence-corrected chi connectivity index (χ1v) is 12.5. The van der Waals surface area contributed by atoms with Crippen molar-refractivity contribution in [3.63, 3.8) is 0 Å². The zero-order chi connectivity index (χ0) is 24.5. The van der Waals surface area contributed by atoms with E-state index in [4.69, 9.17) is 4.74 Å². The van der Waals surface area contributed by atoms with E-state index in [9.17, 15) is 19.5 Å². The predicted octanol–water partition coefficient (Wildman–Crippen LogP) is 4.65. The van der Waals surface area contributed by atoms with Crippen LogP contribution in [0.3, 0.4) is 0 Å². The highest BCUT2D eigenvalue weighted by molar-refractivity contribution is 7.14. The van der Waals surface area contributed by atoms with E-state index in [0.29, 0.717) is 25.9 Å². The third-order valence-electron chi connectivity index (χ3n) is 6.73. The molecule has 2 aromatic carbocycles. The average molecular weight is 491 g/mol. The SMILES string of the molecule is CCC(NC(=O)OCC1c2ccccc2-c2ccccc21)C(=O)N1CCc2sc(C(=O)O)cc2C1. The van der Waals surface area contributed by atoms with Gasteiger partial charge in [0.05, 0.1) is 0 Å². The van der Waals surface area contributed by atoms with Crippen LogP contribution in [0.2, 0.25) is 0 Å². The van der Waals surface area contributed by atoms with Gasteiger partial charge in [0.2, 0.25) is 5.91 Å². The van der Waals surface area contributed by atoms with Crippen molar-refractivity contribution < 1.29 is 24.2 Å². The molecule has 7 nitrogen and oxygen atoms in total. The van der Waals surface area contributed by atoms with Crippen LogP contribution in [0.25, 0.3) is 11.1 Å². The molecule has 1 unspecified atom stereocenters. The molecular formula is C27H26N2O5S. The highest BCUT2D eigenvalue weighted by atomic mass is 32.1. The first kappa shape index (κ1) is 23.1. The lowest BCUT2D eigenvalue weighted by Gasteiger charge is -2.30. The summed E-state index contributed by atoms with van der Waals surface area (Å²) in [7, 11) is 0. The summed E-state index contributed by atoms with van der Waals surface area (Å²) in [4.78, 5) is 40.1. The first-order valence-electron chi connectivity index (χ1n) is 11.7. The molecule has 1 aliphatic heterocycles. The average Bonchev–Trinajstić information content (AvgIpc) is 3.45. The largest absolute Gasteiger partial charge is 0.477 e. The van der Waals surface area contributed by atoms with Crippen LogP contribution in [-0.2, 0) is 22.5 Å². The lowest BCUT2D eigenvalue weighted by molar-refractivity contribution is -0.134. The van der Waals surface area contributed by atoms with Gasteiger partial charge in [-0.05, 0) is 46.7 Å². The normalized spacial score (nSPS) is 15.1. The Bertz CT molecular complexity index is 1250. The maximum absolute atomic E-state index is 13.1. The molecule has 0 spiro atoms. The molecule has 0 radical (unpaired) electrons. The van der Waals surface area contributed by atoms with Gasteiger partial charge in [0.1, 0.15) is 17.5 Å². The standard InChI is InChI=1S/C27H26N2O5S/c1-2-22(25(30)29-12-11-23-16(14-29)13-24(35-23)26(31)32)28-27(33)34-15-21-19-9-5-3-7-17(19)18-8-4-6-10-20(18)21/h3-10,13,21-22H,2,11-12,14-15H2,1H3,(H,28,33)(H,31,32). The van der Waals surface area contributed by atoms with Crippen LogP contribution in [0.15, 0.2) is 54.6 Å². The Balaban J connectivity index is 1.22. The van der Waals surface area contributed by atoms with Gasteiger partial charge < -0.3 is 20.1 Å². The molecule has 35 heavy (non-hydrogen) atoms. The number of carbonyl (C=O) groups excluding carboxylic acids is 2. The number of ether oxygens (including phenoxy) is 1. The summed E-state index contributed by atoms with van der Waals surface area (Å²) in [5, 5.41) is 12.0. The maximum atomic E-state index is 13.1. The summed E-state index contributed by atoms with van der Waals surface area (Å²) in [6.45, 7) is 2.87. The van der Waals surface area contributed by atoms with Crippen molar-refractivity contribution in [1.29, 1.82) is 0 Å². The maximum Gasteiger partial charge on any atom is 0.407 e. The number of benzene rings is 2. The molecule has 2 amide bonds.